The summed E-state index contributed by atoms with van der Waals surface area (Å²) in [5, 5.41) is 16.0. The van der Waals surface area contributed by atoms with Gasteiger partial charge >= 0.3 is 10.1 Å². The number of nitrogens with zero attached hydrogens (tertiary/aromatic N) is 3. The lowest BCUT2D eigenvalue weighted by molar-refractivity contribution is -0.384. The Labute approximate surface area is 247 Å². The van der Waals surface area contributed by atoms with E-state index in [9.17, 15) is 18.5 Å². The fourth-order valence-electron chi connectivity index (χ4n) is 4.25. The number of anilines is 1. The van der Waals surface area contributed by atoms with Gasteiger partial charge in [0.2, 0.25) is 5.13 Å². The second-order valence-corrected chi connectivity index (χ2v) is 12.1. The van der Waals surface area contributed by atoms with Crippen molar-refractivity contribution < 1.29 is 17.5 Å². The van der Waals surface area contributed by atoms with Crippen molar-refractivity contribution >= 4 is 38.5 Å². The molecule has 212 valence electrons. The lowest BCUT2D eigenvalue weighted by Crippen LogP contribution is -2.11. The van der Waals surface area contributed by atoms with Crippen LogP contribution in [-0.4, -0.2) is 24.5 Å². The van der Waals surface area contributed by atoms with Crippen LogP contribution in [-0.2, 0) is 10.1 Å². The molecule has 0 aliphatic rings. The van der Waals surface area contributed by atoms with E-state index >= 15 is 0 Å². The van der Waals surface area contributed by atoms with Gasteiger partial charge in [0.15, 0.2) is 5.75 Å². The first-order chi connectivity index (χ1) is 20.1. The summed E-state index contributed by atoms with van der Waals surface area (Å²) in [5.74, 6) is 0.130. The lowest BCUT2D eigenvalue weighted by atomic mass is 10.0. The summed E-state index contributed by atoms with van der Waals surface area (Å²) in [5.41, 5.74) is 8.93. The highest BCUT2D eigenvalue weighted by Crippen LogP contribution is 2.40. The maximum absolute atomic E-state index is 12.8. The van der Waals surface area contributed by atoms with Gasteiger partial charge in [-0.05, 0) is 68.3 Å². The molecule has 1 aromatic heterocycles. The highest BCUT2D eigenvalue weighted by Gasteiger charge is 2.19. The molecule has 0 radical (unpaired) electrons. The SMILES string of the molecule is Cc1ccc(S(=O)(=O)Oc2ccccc2/C=N\Nc2nc(-c3ccc(C)cc3C)c(-c3ccc([N+](=O)[O-])cc3)s2)cc1. The minimum Gasteiger partial charge on any atom is -0.378 e. The summed E-state index contributed by atoms with van der Waals surface area (Å²) < 4.78 is 31.1. The van der Waals surface area contributed by atoms with Gasteiger partial charge in [0.05, 0.1) is 21.7 Å². The zero-order chi connectivity index (χ0) is 29.9. The number of nitro groups is 1. The van der Waals surface area contributed by atoms with Crippen LogP contribution < -0.4 is 9.61 Å². The van der Waals surface area contributed by atoms with Crippen molar-refractivity contribution in [2.45, 2.75) is 25.7 Å². The van der Waals surface area contributed by atoms with Crippen molar-refractivity contribution in [1.29, 1.82) is 0 Å². The Morgan fingerprint density at radius 3 is 2.31 bits per heavy atom. The molecule has 11 heteroatoms. The Morgan fingerprint density at radius 1 is 0.929 bits per heavy atom. The zero-order valence-corrected chi connectivity index (χ0v) is 24.6. The maximum atomic E-state index is 12.8. The van der Waals surface area contributed by atoms with E-state index < -0.39 is 15.0 Å². The summed E-state index contributed by atoms with van der Waals surface area (Å²) >= 11 is 1.35. The number of aromatic nitrogens is 1. The van der Waals surface area contributed by atoms with Crippen LogP contribution in [0.2, 0.25) is 0 Å². The molecule has 5 aromatic rings. The fourth-order valence-corrected chi connectivity index (χ4v) is 6.14. The van der Waals surface area contributed by atoms with Crippen LogP contribution in [0.15, 0.2) is 101 Å². The van der Waals surface area contributed by atoms with E-state index in [1.165, 1.54) is 41.8 Å². The van der Waals surface area contributed by atoms with Crippen LogP contribution in [0.3, 0.4) is 0 Å². The molecule has 0 spiro atoms. The van der Waals surface area contributed by atoms with Crippen LogP contribution in [0.4, 0.5) is 10.8 Å². The van der Waals surface area contributed by atoms with Crippen LogP contribution in [0.5, 0.6) is 5.75 Å². The van der Waals surface area contributed by atoms with Gasteiger partial charge in [0.1, 0.15) is 4.90 Å². The molecule has 0 saturated carbocycles. The van der Waals surface area contributed by atoms with E-state index in [2.05, 4.69) is 16.6 Å². The number of hydrogen-bond acceptors (Lipinski definition) is 9. The average Bonchev–Trinajstić information content (AvgIpc) is 3.38. The predicted octanol–water partition coefficient (Wildman–Crippen LogP) is 7.52. The molecular formula is C31H26N4O5S2. The third-order valence-corrected chi connectivity index (χ3v) is 8.65. The minimum atomic E-state index is -4.04. The van der Waals surface area contributed by atoms with Crippen LogP contribution in [0.1, 0.15) is 22.3 Å². The number of nitro benzene ring substituents is 1. The van der Waals surface area contributed by atoms with E-state index in [0.29, 0.717) is 10.7 Å². The second-order valence-electron chi connectivity index (χ2n) is 9.58. The summed E-state index contributed by atoms with van der Waals surface area (Å²) in [6, 6.07) is 25.5. The summed E-state index contributed by atoms with van der Waals surface area (Å²) in [6.07, 6.45) is 1.46. The van der Waals surface area contributed by atoms with Crippen LogP contribution in [0, 0.1) is 30.9 Å². The molecular weight excluding hydrogens is 572 g/mol. The quantitative estimate of drug-likeness (QED) is 0.0805. The van der Waals surface area contributed by atoms with E-state index in [-0.39, 0.29) is 16.3 Å². The first-order valence-electron chi connectivity index (χ1n) is 12.8. The molecule has 0 unspecified atom stereocenters. The molecule has 42 heavy (non-hydrogen) atoms. The topological polar surface area (TPSA) is 124 Å². The highest BCUT2D eigenvalue weighted by atomic mass is 32.2. The minimum absolute atomic E-state index is 0.00422. The molecule has 4 aromatic carbocycles. The standard InChI is InChI=1S/C31H26N4O5S2/c1-20-8-15-26(16-9-20)42(38,39)40-28-7-5-4-6-24(28)19-32-34-31-33-29(27-17-10-21(2)18-22(27)3)30(41-31)23-11-13-25(14-12-23)35(36)37/h4-19H,1-3H3,(H,33,34)/b32-19-. The summed E-state index contributed by atoms with van der Waals surface area (Å²) in [6.45, 7) is 5.90. The number of non-ortho nitro benzene ring substituents is 1. The van der Waals surface area contributed by atoms with Crippen molar-refractivity contribution in [3.05, 3.63) is 123 Å². The smallest absolute Gasteiger partial charge is 0.339 e. The molecule has 0 fully saturated rings. The van der Waals surface area contributed by atoms with Gasteiger partial charge in [-0.1, -0.05) is 64.9 Å². The Balaban J connectivity index is 1.44. The molecule has 1 N–H and O–H groups in total. The van der Waals surface area contributed by atoms with Crippen molar-refractivity contribution in [2.75, 3.05) is 5.43 Å². The van der Waals surface area contributed by atoms with E-state index in [0.717, 1.165) is 38.4 Å². The van der Waals surface area contributed by atoms with Crippen LogP contribution in [0.25, 0.3) is 21.7 Å². The second kappa shape index (κ2) is 11.9. The summed E-state index contributed by atoms with van der Waals surface area (Å²) in [4.78, 5) is 16.4. The lowest BCUT2D eigenvalue weighted by Gasteiger charge is -2.09. The molecule has 0 amide bonds. The normalized spacial score (nSPS) is 11.5. The third-order valence-electron chi connectivity index (χ3n) is 6.40. The van der Waals surface area contributed by atoms with Gasteiger partial charge in [-0.3, -0.25) is 15.5 Å². The first-order valence-corrected chi connectivity index (χ1v) is 15.1. The van der Waals surface area contributed by atoms with Gasteiger partial charge in [-0.2, -0.15) is 13.5 Å². The molecule has 0 saturated heterocycles. The van der Waals surface area contributed by atoms with Crippen molar-refractivity contribution in [1.82, 2.24) is 4.98 Å². The number of hydrazone groups is 1. The number of hydrogen-bond donors (Lipinski definition) is 1. The molecule has 0 aliphatic carbocycles. The third kappa shape index (κ3) is 6.37. The molecule has 0 bridgehead atoms. The van der Waals surface area contributed by atoms with Crippen molar-refractivity contribution in [3.8, 4) is 27.4 Å². The Bertz CT molecular complexity index is 1900. The number of para-hydroxylation sites is 1. The van der Waals surface area contributed by atoms with Gasteiger partial charge < -0.3 is 4.18 Å². The summed E-state index contributed by atoms with van der Waals surface area (Å²) in [7, 11) is -4.04. The average molecular weight is 599 g/mol. The maximum Gasteiger partial charge on any atom is 0.339 e. The molecule has 0 aliphatic heterocycles. The number of nitrogens with one attached hydrogen (secondary N) is 1. The van der Waals surface area contributed by atoms with Gasteiger partial charge in [0, 0.05) is 23.3 Å². The fraction of sp³-hybridized carbons (Fsp3) is 0.0968. The number of benzene rings is 4. The van der Waals surface area contributed by atoms with E-state index in [4.69, 9.17) is 9.17 Å². The van der Waals surface area contributed by atoms with Gasteiger partial charge in [0.25, 0.3) is 5.69 Å². The van der Waals surface area contributed by atoms with E-state index in [1.807, 2.05) is 32.9 Å². The van der Waals surface area contributed by atoms with Crippen molar-refractivity contribution in [3.63, 3.8) is 0 Å². The van der Waals surface area contributed by atoms with Gasteiger partial charge in [-0.15, -0.1) is 0 Å². The Hall–Kier alpha value is -4.87. The van der Waals surface area contributed by atoms with E-state index in [1.54, 1.807) is 48.5 Å². The Kier molecular flexibility index (Phi) is 8.14. The molecule has 5 rings (SSSR count). The zero-order valence-electron chi connectivity index (χ0n) is 22.9. The molecule has 1 heterocycles. The van der Waals surface area contributed by atoms with Gasteiger partial charge in [-0.25, -0.2) is 4.98 Å². The Morgan fingerprint density at radius 2 is 1.62 bits per heavy atom. The number of aryl methyl sites for hydroxylation is 3. The largest absolute Gasteiger partial charge is 0.378 e. The van der Waals surface area contributed by atoms with Crippen LogP contribution >= 0.6 is 11.3 Å². The number of thiazole rings is 1. The van der Waals surface area contributed by atoms with Crippen molar-refractivity contribution in [2.24, 2.45) is 5.10 Å². The highest BCUT2D eigenvalue weighted by molar-refractivity contribution is 7.87. The monoisotopic (exact) mass is 598 g/mol. The number of rotatable bonds is 9. The molecule has 9 nitrogen and oxygen atoms in total. The first kappa shape index (κ1) is 28.7. The molecule has 0 atom stereocenters. The predicted molar refractivity (Wildman–Crippen MR) is 166 cm³/mol.